The Morgan fingerprint density at radius 3 is 2.21 bits per heavy atom. The van der Waals surface area contributed by atoms with Crippen molar-refractivity contribution in [2.75, 3.05) is 0 Å². The molecule has 4 aromatic rings. The van der Waals surface area contributed by atoms with E-state index in [0.29, 0.717) is 0 Å². The van der Waals surface area contributed by atoms with Crippen molar-refractivity contribution in [3.05, 3.63) is 95.5 Å². The number of hydrogen-bond acceptors (Lipinski definition) is 3. The SMILES string of the molecule is C(=C(\Oc1ccccc1)c1nc2ccccc2s1)/c1ccccc1. The van der Waals surface area contributed by atoms with E-state index in [-0.39, 0.29) is 0 Å². The van der Waals surface area contributed by atoms with Crippen LogP contribution in [0.2, 0.25) is 0 Å². The van der Waals surface area contributed by atoms with E-state index >= 15 is 0 Å². The Kier molecular flexibility index (Phi) is 4.09. The van der Waals surface area contributed by atoms with Crippen molar-refractivity contribution < 1.29 is 4.74 Å². The number of para-hydroxylation sites is 2. The van der Waals surface area contributed by atoms with Crippen LogP contribution in [0.1, 0.15) is 10.6 Å². The number of rotatable bonds is 4. The fourth-order valence-electron chi connectivity index (χ4n) is 2.43. The molecule has 0 aliphatic heterocycles. The first-order chi connectivity index (χ1) is 11.9. The van der Waals surface area contributed by atoms with E-state index in [1.165, 1.54) is 0 Å². The first kappa shape index (κ1) is 14.7. The van der Waals surface area contributed by atoms with Crippen molar-refractivity contribution in [3.8, 4) is 5.75 Å². The maximum atomic E-state index is 6.14. The normalized spacial score (nSPS) is 11.6. The molecule has 0 aliphatic rings. The smallest absolute Gasteiger partial charge is 0.163 e. The Hall–Kier alpha value is -2.91. The highest BCUT2D eigenvalue weighted by Crippen LogP contribution is 2.30. The van der Waals surface area contributed by atoms with Crippen LogP contribution >= 0.6 is 11.3 Å². The fourth-order valence-corrected chi connectivity index (χ4v) is 3.35. The number of fused-ring (bicyclic) bond motifs is 1. The molecule has 0 spiro atoms. The lowest BCUT2D eigenvalue weighted by molar-refractivity contribution is 0.518. The highest BCUT2D eigenvalue weighted by atomic mass is 32.1. The molecule has 3 heteroatoms. The van der Waals surface area contributed by atoms with Gasteiger partial charge in [0.05, 0.1) is 10.2 Å². The molecule has 2 nitrogen and oxygen atoms in total. The zero-order valence-electron chi connectivity index (χ0n) is 12.9. The Bertz CT molecular complexity index is 941. The standard InChI is InChI=1S/C21H15NOS/c1-3-9-16(10-4-1)15-19(23-17-11-5-2-6-12-17)21-22-18-13-7-8-14-20(18)24-21/h1-15H/b19-15+. The Labute approximate surface area is 144 Å². The summed E-state index contributed by atoms with van der Waals surface area (Å²) in [6.45, 7) is 0. The number of ether oxygens (including phenoxy) is 1. The third-order valence-corrected chi connectivity index (χ3v) is 4.62. The van der Waals surface area contributed by atoms with Gasteiger partial charge in [-0.2, -0.15) is 0 Å². The highest BCUT2D eigenvalue weighted by molar-refractivity contribution is 7.19. The quantitative estimate of drug-likeness (QED) is 0.437. The van der Waals surface area contributed by atoms with E-state index in [1.54, 1.807) is 11.3 Å². The molecule has 0 saturated heterocycles. The van der Waals surface area contributed by atoms with Crippen molar-refractivity contribution in [2.24, 2.45) is 0 Å². The molecule has 0 amide bonds. The van der Waals surface area contributed by atoms with Gasteiger partial charge in [-0.05, 0) is 35.9 Å². The number of aromatic nitrogens is 1. The zero-order valence-corrected chi connectivity index (χ0v) is 13.7. The molecule has 4 rings (SSSR count). The summed E-state index contributed by atoms with van der Waals surface area (Å²) >= 11 is 1.64. The summed E-state index contributed by atoms with van der Waals surface area (Å²) in [7, 11) is 0. The number of nitrogens with zero attached hydrogens (tertiary/aromatic N) is 1. The minimum Gasteiger partial charge on any atom is -0.454 e. The summed E-state index contributed by atoms with van der Waals surface area (Å²) in [6, 6.07) is 28.1. The summed E-state index contributed by atoms with van der Waals surface area (Å²) in [5.41, 5.74) is 2.08. The second kappa shape index (κ2) is 6.69. The number of benzene rings is 3. The average Bonchev–Trinajstić information content (AvgIpc) is 3.07. The Morgan fingerprint density at radius 2 is 1.46 bits per heavy atom. The van der Waals surface area contributed by atoms with Gasteiger partial charge in [0.1, 0.15) is 5.75 Å². The first-order valence-corrected chi connectivity index (χ1v) is 8.56. The van der Waals surface area contributed by atoms with Crippen LogP contribution in [0.4, 0.5) is 0 Å². The molecule has 24 heavy (non-hydrogen) atoms. The van der Waals surface area contributed by atoms with E-state index in [9.17, 15) is 0 Å². The van der Waals surface area contributed by atoms with Crippen LogP contribution in [0.25, 0.3) is 22.1 Å². The van der Waals surface area contributed by atoms with Gasteiger partial charge in [0.2, 0.25) is 0 Å². The van der Waals surface area contributed by atoms with Gasteiger partial charge in [-0.1, -0.05) is 60.7 Å². The molecule has 1 aromatic heterocycles. The second-order valence-corrected chi connectivity index (χ2v) is 6.35. The van der Waals surface area contributed by atoms with Crippen molar-refractivity contribution in [1.29, 1.82) is 0 Å². The molecule has 0 saturated carbocycles. The largest absolute Gasteiger partial charge is 0.454 e. The third-order valence-electron chi connectivity index (χ3n) is 3.57. The lowest BCUT2D eigenvalue weighted by Crippen LogP contribution is -1.94. The fraction of sp³-hybridized carbons (Fsp3) is 0. The molecule has 0 atom stereocenters. The van der Waals surface area contributed by atoms with E-state index in [1.807, 2.05) is 72.8 Å². The molecule has 0 aliphatic carbocycles. The maximum absolute atomic E-state index is 6.14. The van der Waals surface area contributed by atoms with Crippen molar-refractivity contribution in [2.45, 2.75) is 0 Å². The molecular formula is C21H15NOS. The minimum absolute atomic E-state index is 0.758. The molecular weight excluding hydrogens is 314 g/mol. The molecule has 3 aromatic carbocycles. The summed E-state index contributed by atoms with van der Waals surface area (Å²) in [5, 5.41) is 0.879. The molecule has 0 unspecified atom stereocenters. The Morgan fingerprint density at radius 1 is 0.792 bits per heavy atom. The number of thiazole rings is 1. The van der Waals surface area contributed by atoms with E-state index in [4.69, 9.17) is 9.72 Å². The summed E-state index contributed by atoms with van der Waals surface area (Å²) in [6.07, 6.45) is 2.03. The van der Waals surface area contributed by atoms with Crippen molar-refractivity contribution in [1.82, 2.24) is 4.98 Å². The van der Waals surface area contributed by atoms with Gasteiger partial charge in [-0.3, -0.25) is 0 Å². The molecule has 0 radical (unpaired) electrons. The molecule has 1 heterocycles. The van der Waals surface area contributed by atoms with Crippen LogP contribution in [0.5, 0.6) is 5.75 Å². The van der Waals surface area contributed by atoms with Gasteiger partial charge >= 0.3 is 0 Å². The van der Waals surface area contributed by atoms with Gasteiger partial charge in [-0.25, -0.2) is 4.98 Å². The monoisotopic (exact) mass is 329 g/mol. The van der Waals surface area contributed by atoms with E-state index < -0.39 is 0 Å². The third kappa shape index (κ3) is 3.21. The van der Waals surface area contributed by atoms with Crippen LogP contribution in [-0.4, -0.2) is 4.98 Å². The first-order valence-electron chi connectivity index (χ1n) is 7.74. The van der Waals surface area contributed by atoms with Gasteiger partial charge in [0.25, 0.3) is 0 Å². The van der Waals surface area contributed by atoms with Crippen LogP contribution in [-0.2, 0) is 0 Å². The Balaban J connectivity index is 1.79. The summed E-state index contributed by atoms with van der Waals surface area (Å²) in [5.74, 6) is 1.56. The molecule has 0 N–H and O–H groups in total. The number of hydrogen-bond donors (Lipinski definition) is 0. The molecule has 116 valence electrons. The predicted octanol–water partition coefficient (Wildman–Crippen LogP) is 5.87. The van der Waals surface area contributed by atoms with E-state index in [0.717, 1.165) is 32.3 Å². The lowest BCUT2D eigenvalue weighted by atomic mass is 10.2. The predicted molar refractivity (Wildman–Crippen MR) is 101 cm³/mol. The van der Waals surface area contributed by atoms with E-state index in [2.05, 4.69) is 18.2 Å². The van der Waals surface area contributed by atoms with Crippen LogP contribution in [0.3, 0.4) is 0 Å². The van der Waals surface area contributed by atoms with Gasteiger partial charge in [0.15, 0.2) is 10.8 Å². The van der Waals surface area contributed by atoms with Crippen molar-refractivity contribution in [3.63, 3.8) is 0 Å². The van der Waals surface area contributed by atoms with Crippen LogP contribution in [0.15, 0.2) is 84.9 Å². The van der Waals surface area contributed by atoms with Crippen molar-refractivity contribution >= 4 is 33.4 Å². The second-order valence-electron chi connectivity index (χ2n) is 5.32. The minimum atomic E-state index is 0.758. The van der Waals surface area contributed by atoms with Gasteiger partial charge in [-0.15, -0.1) is 11.3 Å². The van der Waals surface area contributed by atoms with Gasteiger partial charge in [0, 0.05) is 0 Å². The van der Waals surface area contributed by atoms with Crippen LogP contribution in [0, 0.1) is 0 Å². The lowest BCUT2D eigenvalue weighted by Gasteiger charge is -2.08. The molecule has 0 fully saturated rings. The maximum Gasteiger partial charge on any atom is 0.163 e. The molecule has 0 bridgehead atoms. The highest BCUT2D eigenvalue weighted by Gasteiger charge is 2.11. The average molecular weight is 329 g/mol. The summed E-state index contributed by atoms with van der Waals surface area (Å²) in [4.78, 5) is 4.73. The topological polar surface area (TPSA) is 22.1 Å². The van der Waals surface area contributed by atoms with Crippen LogP contribution < -0.4 is 4.74 Å². The van der Waals surface area contributed by atoms with Gasteiger partial charge < -0.3 is 4.74 Å². The zero-order chi connectivity index (χ0) is 16.2. The summed E-state index contributed by atoms with van der Waals surface area (Å²) < 4.78 is 7.30.